The van der Waals surface area contributed by atoms with E-state index in [1.165, 1.54) is 37.9 Å². The summed E-state index contributed by atoms with van der Waals surface area (Å²) < 4.78 is 5.88. The first-order valence-electron chi connectivity index (χ1n) is 12.9. The van der Waals surface area contributed by atoms with Gasteiger partial charge in [0.15, 0.2) is 0 Å². The lowest BCUT2D eigenvalue weighted by Crippen LogP contribution is -2.25. The van der Waals surface area contributed by atoms with Gasteiger partial charge in [0.2, 0.25) is 0 Å². The minimum Gasteiger partial charge on any atom is -0.257 e. The van der Waals surface area contributed by atoms with Gasteiger partial charge in [-0.1, -0.05) is 151 Å². The van der Waals surface area contributed by atoms with Crippen molar-refractivity contribution in [1.82, 2.24) is 0 Å². The molecule has 0 saturated carbocycles. The third-order valence-corrected chi connectivity index (χ3v) is 17.7. The zero-order chi connectivity index (χ0) is 26.6. The highest BCUT2D eigenvalue weighted by molar-refractivity contribution is 8.25. The molecular formula is C34H33NP2S. The second kappa shape index (κ2) is 11.4. The molecule has 0 fully saturated rings. The molecule has 5 aromatic carbocycles. The summed E-state index contributed by atoms with van der Waals surface area (Å²) in [5.74, 6) is 0.810. The standard InChI is InChI=1S/C34H33NP2S/c1-27-24-28(2)34(29(3)25-27)35-36(30-16-8-4-9-17-30,31-18-10-5-11-19-31)26-37(38,32-20-12-6-13-21-32)33-22-14-7-15-23-33/h4-25H,26H2,1-3H3. The van der Waals surface area contributed by atoms with Crippen LogP contribution in [0.1, 0.15) is 16.7 Å². The lowest BCUT2D eigenvalue weighted by molar-refractivity contribution is 1.29. The van der Waals surface area contributed by atoms with Crippen LogP contribution in [-0.2, 0) is 11.8 Å². The van der Waals surface area contributed by atoms with Crippen LogP contribution in [0, 0.1) is 20.8 Å². The molecule has 5 aromatic rings. The molecule has 0 aliphatic carbocycles. The van der Waals surface area contributed by atoms with Crippen molar-refractivity contribution in [3.8, 4) is 0 Å². The number of hydrogen-bond acceptors (Lipinski definition) is 2. The van der Waals surface area contributed by atoms with Gasteiger partial charge in [0, 0.05) is 19.0 Å². The zero-order valence-electron chi connectivity index (χ0n) is 22.2. The molecule has 0 N–H and O–H groups in total. The fourth-order valence-corrected chi connectivity index (χ4v) is 16.8. The Balaban J connectivity index is 1.90. The summed E-state index contributed by atoms with van der Waals surface area (Å²) in [4.78, 5) is 0. The van der Waals surface area contributed by atoms with E-state index in [1.807, 2.05) is 0 Å². The number of rotatable bonds is 7. The molecule has 0 aromatic heterocycles. The highest BCUT2D eigenvalue weighted by atomic mass is 32.4. The van der Waals surface area contributed by atoms with Crippen molar-refractivity contribution in [3.63, 3.8) is 0 Å². The molecule has 38 heavy (non-hydrogen) atoms. The summed E-state index contributed by atoms with van der Waals surface area (Å²) in [7, 11) is -2.37. The lowest BCUT2D eigenvalue weighted by Gasteiger charge is -2.34. The van der Waals surface area contributed by atoms with E-state index >= 15 is 0 Å². The lowest BCUT2D eigenvalue weighted by atomic mass is 10.1. The number of benzene rings is 5. The van der Waals surface area contributed by atoms with Gasteiger partial charge in [-0.3, -0.25) is 4.74 Å². The van der Waals surface area contributed by atoms with Crippen LogP contribution >= 0.6 is 13.1 Å². The minimum atomic E-state index is -2.37. The molecule has 4 heteroatoms. The number of aryl methyl sites for hydroxylation is 3. The average Bonchev–Trinajstić information content (AvgIpc) is 2.96. The summed E-state index contributed by atoms with van der Waals surface area (Å²) >= 11 is 6.86. The quantitative estimate of drug-likeness (QED) is 0.187. The van der Waals surface area contributed by atoms with E-state index in [1.54, 1.807) is 0 Å². The third-order valence-electron chi connectivity index (χ3n) is 7.02. The highest BCUT2D eigenvalue weighted by Gasteiger charge is 2.35. The Morgan fingerprint density at radius 1 is 0.526 bits per heavy atom. The van der Waals surface area contributed by atoms with Crippen molar-refractivity contribution in [3.05, 3.63) is 150 Å². The van der Waals surface area contributed by atoms with Gasteiger partial charge in [-0.15, -0.1) is 0 Å². The molecule has 0 bridgehead atoms. The van der Waals surface area contributed by atoms with Crippen LogP contribution in [0.15, 0.2) is 138 Å². The molecular weight excluding hydrogens is 516 g/mol. The van der Waals surface area contributed by atoms with Crippen LogP contribution in [0.25, 0.3) is 0 Å². The smallest absolute Gasteiger partial charge is 0.0679 e. The summed E-state index contributed by atoms with van der Waals surface area (Å²) in [6, 6.07) is 45.6. The van der Waals surface area contributed by atoms with Crippen LogP contribution in [0.4, 0.5) is 5.69 Å². The molecule has 0 unspecified atom stereocenters. The van der Waals surface area contributed by atoms with Crippen LogP contribution in [0.2, 0.25) is 0 Å². The fourth-order valence-electron chi connectivity index (χ4n) is 5.25. The molecule has 0 heterocycles. The van der Waals surface area contributed by atoms with Crippen LogP contribution < -0.4 is 21.2 Å². The second-order valence-electron chi connectivity index (χ2n) is 9.84. The average molecular weight is 550 g/mol. The van der Waals surface area contributed by atoms with Crippen molar-refractivity contribution in [2.45, 2.75) is 20.8 Å². The Hall–Kier alpha value is -3.02. The largest absolute Gasteiger partial charge is 0.257 e. The van der Waals surface area contributed by atoms with Crippen molar-refractivity contribution >= 4 is 51.8 Å². The normalized spacial score (nSPS) is 11.8. The van der Waals surface area contributed by atoms with Crippen LogP contribution in [0.3, 0.4) is 0 Å². The van der Waals surface area contributed by atoms with Crippen molar-refractivity contribution in [1.29, 1.82) is 0 Å². The minimum absolute atomic E-state index is 0.810. The molecule has 0 aliphatic rings. The Morgan fingerprint density at radius 2 is 0.868 bits per heavy atom. The first-order valence-corrected chi connectivity index (χ1v) is 17.8. The zero-order valence-corrected chi connectivity index (χ0v) is 24.8. The maximum atomic E-state index is 6.86. The van der Waals surface area contributed by atoms with Gasteiger partial charge in [-0.05, 0) is 53.1 Å². The summed E-state index contributed by atoms with van der Waals surface area (Å²) in [6.45, 7) is 6.53. The molecule has 5 rings (SSSR count). The Bertz CT molecular complexity index is 1520. The van der Waals surface area contributed by atoms with Gasteiger partial charge in [-0.2, -0.15) is 0 Å². The Morgan fingerprint density at radius 3 is 1.24 bits per heavy atom. The van der Waals surface area contributed by atoms with Crippen LogP contribution in [0.5, 0.6) is 0 Å². The maximum absolute atomic E-state index is 6.86. The van der Waals surface area contributed by atoms with Crippen molar-refractivity contribution < 1.29 is 0 Å². The van der Waals surface area contributed by atoms with Crippen molar-refractivity contribution in [2.75, 3.05) is 5.90 Å². The molecule has 0 radical (unpaired) electrons. The molecule has 0 amide bonds. The van der Waals surface area contributed by atoms with E-state index in [2.05, 4.69) is 154 Å². The van der Waals surface area contributed by atoms with Crippen LogP contribution in [-0.4, -0.2) is 5.90 Å². The van der Waals surface area contributed by atoms with E-state index in [4.69, 9.17) is 16.6 Å². The monoisotopic (exact) mass is 549 g/mol. The van der Waals surface area contributed by atoms with Gasteiger partial charge >= 0.3 is 0 Å². The van der Waals surface area contributed by atoms with Gasteiger partial charge in [0.25, 0.3) is 0 Å². The SMILES string of the molecule is Cc1cc(C)c(N=P(CP(=S)(c2ccccc2)c2ccccc2)(c2ccccc2)c2ccccc2)c(C)c1. The van der Waals surface area contributed by atoms with E-state index in [0.717, 1.165) is 11.6 Å². The molecule has 190 valence electrons. The van der Waals surface area contributed by atoms with Gasteiger partial charge in [0.1, 0.15) is 0 Å². The fraction of sp³-hybridized carbons (Fsp3) is 0.118. The summed E-state index contributed by atoms with van der Waals surface area (Å²) in [5, 5.41) is 5.02. The summed E-state index contributed by atoms with van der Waals surface area (Å²) in [5.41, 5.74) is 4.79. The third kappa shape index (κ3) is 5.27. The number of hydrogen-bond donors (Lipinski definition) is 0. The summed E-state index contributed by atoms with van der Waals surface area (Å²) in [6.07, 6.45) is 0. The predicted molar refractivity (Wildman–Crippen MR) is 173 cm³/mol. The Kier molecular flexibility index (Phi) is 7.96. The molecule has 0 saturated heterocycles. The van der Waals surface area contributed by atoms with E-state index in [9.17, 15) is 0 Å². The molecule has 0 atom stereocenters. The first-order chi connectivity index (χ1) is 18.4. The topological polar surface area (TPSA) is 12.4 Å². The Labute approximate surface area is 232 Å². The van der Waals surface area contributed by atoms with E-state index < -0.39 is 13.1 Å². The maximum Gasteiger partial charge on any atom is 0.0679 e. The van der Waals surface area contributed by atoms with Gasteiger partial charge in [0.05, 0.1) is 5.69 Å². The number of nitrogens with zero attached hydrogens (tertiary/aromatic N) is 1. The van der Waals surface area contributed by atoms with Gasteiger partial charge < -0.3 is 0 Å². The van der Waals surface area contributed by atoms with Gasteiger partial charge in [-0.25, -0.2) is 0 Å². The highest BCUT2D eigenvalue weighted by Crippen LogP contribution is 2.62. The molecule has 1 nitrogen and oxygen atoms in total. The second-order valence-corrected chi connectivity index (χ2v) is 18.1. The molecule has 0 spiro atoms. The van der Waals surface area contributed by atoms with Crippen molar-refractivity contribution in [2.24, 2.45) is 4.74 Å². The van der Waals surface area contributed by atoms with E-state index in [-0.39, 0.29) is 0 Å². The van der Waals surface area contributed by atoms with E-state index in [0.29, 0.717) is 0 Å². The molecule has 0 aliphatic heterocycles. The predicted octanol–water partition coefficient (Wildman–Crippen LogP) is 8.18. The first kappa shape index (κ1) is 26.6.